The zero-order chi connectivity index (χ0) is 19.2. The fourth-order valence-corrected chi connectivity index (χ4v) is 3.20. The maximum Gasteiger partial charge on any atom is 0.292 e. The zero-order valence-electron chi connectivity index (χ0n) is 15.6. The summed E-state index contributed by atoms with van der Waals surface area (Å²) < 4.78 is 10.7. The average molecular weight is 374 g/mol. The van der Waals surface area contributed by atoms with E-state index in [0.29, 0.717) is 11.5 Å². The Balaban J connectivity index is 1.58. The molecule has 146 valence electrons. The van der Waals surface area contributed by atoms with Crippen LogP contribution in [-0.4, -0.2) is 43.4 Å². The van der Waals surface area contributed by atoms with Crippen molar-refractivity contribution in [1.82, 2.24) is 10.6 Å². The number of ketones is 1. The predicted octanol–water partition coefficient (Wildman–Crippen LogP) is 1.98. The van der Waals surface area contributed by atoms with Crippen LogP contribution in [0, 0.1) is 0 Å². The van der Waals surface area contributed by atoms with E-state index in [-0.39, 0.29) is 30.2 Å². The lowest BCUT2D eigenvalue weighted by atomic mass is 9.95. The van der Waals surface area contributed by atoms with E-state index in [2.05, 4.69) is 10.6 Å². The van der Waals surface area contributed by atoms with E-state index in [1.165, 1.54) is 25.7 Å². The van der Waals surface area contributed by atoms with Gasteiger partial charge >= 0.3 is 0 Å². The lowest BCUT2D eigenvalue weighted by Gasteiger charge is -2.22. The van der Waals surface area contributed by atoms with E-state index in [0.717, 1.165) is 38.5 Å². The molecule has 1 aromatic rings. The average Bonchev–Trinajstić information content (AvgIpc) is 3.50. The summed E-state index contributed by atoms with van der Waals surface area (Å²) in [5.41, 5.74) is 0.231. The molecule has 27 heavy (non-hydrogen) atoms. The molecule has 1 aromatic carbocycles. The monoisotopic (exact) mass is 374 g/mol. The van der Waals surface area contributed by atoms with Crippen molar-refractivity contribution in [3.05, 3.63) is 23.8 Å². The molecule has 0 atom stereocenters. The van der Waals surface area contributed by atoms with Crippen LogP contribution in [0.15, 0.2) is 18.2 Å². The molecule has 0 radical (unpaired) electrons. The van der Waals surface area contributed by atoms with Gasteiger partial charge in [0.05, 0.1) is 7.11 Å². The topological polar surface area (TPSA) is 93.7 Å². The molecule has 2 N–H and O–H groups in total. The van der Waals surface area contributed by atoms with Gasteiger partial charge in [0, 0.05) is 17.6 Å². The number of benzene rings is 1. The van der Waals surface area contributed by atoms with Crippen molar-refractivity contribution in [3.8, 4) is 11.5 Å². The molecule has 0 aromatic heterocycles. The second kappa shape index (κ2) is 8.88. The third kappa shape index (κ3) is 5.45. The van der Waals surface area contributed by atoms with Crippen LogP contribution in [0.2, 0.25) is 0 Å². The molecule has 2 aliphatic carbocycles. The quantitative estimate of drug-likeness (QED) is 0.536. The Hall–Kier alpha value is -2.57. The SMILES string of the molecule is COc1cc(C(=O)C(=O)NC2CCCCC2)ccc1OCC(=O)NC1CC1. The molecule has 0 heterocycles. The minimum absolute atomic E-state index is 0.0738. The molecule has 0 aliphatic heterocycles. The van der Waals surface area contributed by atoms with E-state index in [9.17, 15) is 14.4 Å². The van der Waals surface area contributed by atoms with Gasteiger partial charge in [-0.3, -0.25) is 14.4 Å². The van der Waals surface area contributed by atoms with Crippen LogP contribution in [-0.2, 0) is 9.59 Å². The van der Waals surface area contributed by atoms with Gasteiger partial charge < -0.3 is 20.1 Å². The molecule has 7 heteroatoms. The highest BCUT2D eigenvalue weighted by molar-refractivity contribution is 6.42. The van der Waals surface area contributed by atoms with Crippen molar-refractivity contribution in [2.45, 2.75) is 57.0 Å². The molecule has 0 bridgehead atoms. The van der Waals surface area contributed by atoms with E-state index < -0.39 is 11.7 Å². The highest BCUT2D eigenvalue weighted by Crippen LogP contribution is 2.28. The predicted molar refractivity (Wildman–Crippen MR) is 99.0 cm³/mol. The summed E-state index contributed by atoms with van der Waals surface area (Å²) >= 11 is 0. The van der Waals surface area contributed by atoms with Gasteiger partial charge in [-0.1, -0.05) is 19.3 Å². The number of ether oxygens (including phenoxy) is 2. The lowest BCUT2D eigenvalue weighted by molar-refractivity contribution is -0.123. The minimum Gasteiger partial charge on any atom is -0.493 e. The summed E-state index contributed by atoms with van der Waals surface area (Å²) in [5.74, 6) is -0.719. The second-order valence-corrected chi connectivity index (χ2v) is 7.13. The smallest absolute Gasteiger partial charge is 0.292 e. The number of Topliss-reactive ketones (excluding diaryl/α,β-unsaturated/α-hetero) is 1. The van der Waals surface area contributed by atoms with Crippen molar-refractivity contribution in [2.75, 3.05) is 13.7 Å². The molecule has 2 aliphatic rings. The maximum absolute atomic E-state index is 12.4. The third-order valence-corrected chi connectivity index (χ3v) is 4.87. The van der Waals surface area contributed by atoms with Crippen molar-refractivity contribution in [3.63, 3.8) is 0 Å². The summed E-state index contributed by atoms with van der Waals surface area (Å²) in [6.07, 6.45) is 7.18. The summed E-state index contributed by atoms with van der Waals surface area (Å²) in [5, 5.41) is 5.65. The number of nitrogens with one attached hydrogen (secondary N) is 2. The maximum atomic E-state index is 12.4. The highest BCUT2D eigenvalue weighted by Gasteiger charge is 2.24. The molecular weight excluding hydrogens is 348 g/mol. The molecular formula is C20H26N2O5. The Morgan fingerprint density at radius 1 is 0.963 bits per heavy atom. The standard InChI is InChI=1S/C20H26N2O5/c1-26-17-11-13(19(24)20(25)22-14-5-3-2-4-6-14)7-10-16(17)27-12-18(23)21-15-8-9-15/h7,10-11,14-15H,2-6,8-9,12H2,1H3,(H,21,23)(H,22,25). The van der Waals surface area contributed by atoms with Gasteiger partial charge in [-0.2, -0.15) is 0 Å². The number of rotatable bonds is 8. The lowest BCUT2D eigenvalue weighted by Crippen LogP contribution is -2.40. The number of carbonyl (C=O) groups is 3. The van der Waals surface area contributed by atoms with Crippen LogP contribution in [0.25, 0.3) is 0 Å². The van der Waals surface area contributed by atoms with E-state index in [1.807, 2.05) is 0 Å². The zero-order valence-corrected chi connectivity index (χ0v) is 15.6. The van der Waals surface area contributed by atoms with Gasteiger partial charge in [0.25, 0.3) is 11.8 Å². The van der Waals surface area contributed by atoms with Gasteiger partial charge in [0.2, 0.25) is 5.78 Å². The van der Waals surface area contributed by atoms with Gasteiger partial charge in [-0.05, 0) is 43.9 Å². The molecule has 0 saturated heterocycles. The van der Waals surface area contributed by atoms with Crippen molar-refractivity contribution in [1.29, 1.82) is 0 Å². The van der Waals surface area contributed by atoms with Gasteiger partial charge in [-0.25, -0.2) is 0 Å². The van der Waals surface area contributed by atoms with E-state index in [4.69, 9.17) is 9.47 Å². The van der Waals surface area contributed by atoms with Crippen LogP contribution >= 0.6 is 0 Å². The first-order chi connectivity index (χ1) is 13.1. The number of amides is 2. The summed E-state index contributed by atoms with van der Waals surface area (Å²) in [6, 6.07) is 4.87. The fourth-order valence-electron chi connectivity index (χ4n) is 3.20. The van der Waals surface area contributed by atoms with Crippen LogP contribution in [0.1, 0.15) is 55.3 Å². The van der Waals surface area contributed by atoms with Crippen LogP contribution < -0.4 is 20.1 Å². The van der Waals surface area contributed by atoms with Crippen LogP contribution in [0.5, 0.6) is 11.5 Å². The molecule has 0 unspecified atom stereocenters. The Kier molecular flexibility index (Phi) is 6.32. The molecule has 2 saturated carbocycles. The summed E-state index contributed by atoms with van der Waals surface area (Å²) in [7, 11) is 1.45. The normalized spacial score (nSPS) is 17.1. The van der Waals surface area contributed by atoms with Crippen molar-refractivity contribution < 1.29 is 23.9 Å². The van der Waals surface area contributed by atoms with E-state index >= 15 is 0 Å². The van der Waals surface area contributed by atoms with Crippen LogP contribution in [0.4, 0.5) is 0 Å². The van der Waals surface area contributed by atoms with Crippen molar-refractivity contribution in [2.24, 2.45) is 0 Å². The first-order valence-electron chi connectivity index (χ1n) is 9.52. The van der Waals surface area contributed by atoms with Crippen LogP contribution in [0.3, 0.4) is 0 Å². The molecule has 2 fully saturated rings. The number of methoxy groups -OCH3 is 1. The molecule has 3 rings (SSSR count). The first kappa shape index (κ1) is 19.2. The third-order valence-electron chi connectivity index (χ3n) is 4.87. The molecule has 2 amide bonds. The second-order valence-electron chi connectivity index (χ2n) is 7.13. The summed E-state index contributed by atoms with van der Waals surface area (Å²) in [4.78, 5) is 36.4. The van der Waals surface area contributed by atoms with Gasteiger partial charge in [0.15, 0.2) is 18.1 Å². The summed E-state index contributed by atoms with van der Waals surface area (Å²) in [6.45, 7) is -0.123. The largest absolute Gasteiger partial charge is 0.493 e. The fraction of sp³-hybridized carbons (Fsp3) is 0.550. The minimum atomic E-state index is -0.600. The number of hydrogen-bond donors (Lipinski definition) is 2. The molecule has 0 spiro atoms. The Morgan fingerprint density at radius 3 is 2.33 bits per heavy atom. The number of carbonyl (C=O) groups excluding carboxylic acids is 3. The Morgan fingerprint density at radius 2 is 1.67 bits per heavy atom. The highest BCUT2D eigenvalue weighted by atomic mass is 16.5. The van der Waals surface area contributed by atoms with Gasteiger partial charge in [-0.15, -0.1) is 0 Å². The Bertz CT molecular complexity index is 708. The van der Waals surface area contributed by atoms with Crippen molar-refractivity contribution >= 4 is 17.6 Å². The first-order valence-corrected chi connectivity index (χ1v) is 9.52. The molecule has 7 nitrogen and oxygen atoms in total. The number of hydrogen-bond acceptors (Lipinski definition) is 5. The van der Waals surface area contributed by atoms with Gasteiger partial charge in [0.1, 0.15) is 0 Å². The van der Waals surface area contributed by atoms with E-state index in [1.54, 1.807) is 6.07 Å². The Labute approximate surface area is 158 Å².